The average Bonchev–Trinajstić information content (AvgIpc) is 3.32. The number of aromatic nitrogens is 2. The summed E-state index contributed by atoms with van der Waals surface area (Å²) in [5, 5.41) is 10.0. The second kappa shape index (κ2) is 11.3. The number of nitrogens with zero attached hydrogens (tertiary/aromatic N) is 3. The van der Waals surface area contributed by atoms with Gasteiger partial charge in [-0.25, -0.2) is 0 Å². The van der Waals surface area contributed by atoms with Crippen LogP contribution in [0.1, 0.15) is 48.5 Å². The number of aryl methyl sites for hydroxylation is 1. The zero-order valence-corrected chi connectivity index (χ0v) is 20.6. The van der Waals surface area contributed by atoms with Crippen molar-refractivity contribution < 1.29 is 14.1 Å². The highest BCUT2D eigenvalue weighted by Crippen LogP contribution is 2.23. The zero-order chi connectivity index (χ0) is 24.8. The number of para-hydroxylation sites is 1. The Morgan fingerprint density at radius 1 is 1.11 bits per heavy atom. The maximum atomic E-state index is 13.0. The molecule has 4 rings (SSSR count). The van der Waals surface area contributed by atoms with Crippen LogP contribution in [-0.4, -0.2) is 46.5 Å². The summed E-state index contributed by atoms with van der Waals surface area (Å²) in [5.41, 5.74) is 3.12. The van der Waals surface area contributed by atoms with Crippen LogP contribution < -0.4 is 10.6 Å². The molecule has 184 valence electrons. The Kier molecular flexibility index (Phi) is 7.92. The highest BCUT2D eigenvalue weighted by Gasteiger charge is 2.27. The summed E-state index contributed by atoms with van der Waals surface area (Å²) in [6.45, 7) is 8.79. The predicted octanol–water partition coefficient (Wildman–Crippen LogP) is 4.28. The molecule has 1 saturated heterocycles. The molecule has 0 atom stereocenters. The number of anilines is 1. The Morgan fingerprint density at radius 3 is 2.63 bits per heavy atom. The average molecular weight is 476 g/mol. The molecule has 8 nitrogen and oxygen atoms in total. The van der Waals surface area contributed by atoms with Gasteiger partial charge in [-0.1, -0.05) is 54.9 Å². The smallest absolute Gasteiger partial charge is 0.253 e. The van der Waals surface area contributed by atoms with Gasteiger partial charge in [-0.15, -0.1) is 0 Å². The molecule has 0 bridgehead atoms. The summed E-state index contributed by atoms with van der Waals surface area (Å²) in [6, 6.07) is 15.2. The molecule has 1 aromatic heterocycles. The third-order valence-corrected chi connectivity index (χ3v) is 6.16. The molecule has 1 aliphatic rings. The molecule has 0 saturated carbocycles. The number of likely N-dealkylation sites (tertiary alicyclic amines) is 1. The van der Waals surface area contributed by atoms with Gasteiger partial charge in [0.2, 0.25) is 17.6 Å². The van der Waals surface area contributed by atoms with Crippen molar-refractivity contribution in [2.45, 2.75) is 40.2 Å². The molecular weight excluding hydrogens is 442 g/mol. The van der Waals surface area contributed by atoms with E-state index >= 15 is 0 Å². The van der Waals surface area contributed by atoms with Gasteiger partial charge < -0.3 is 15.2 Å². The molecule has 35 heavy (non-hydrogen) atoms. The van der Waals surface area contributed by atoms with E-state index in [9.17, 15) is 9.59 Å². The molecule has 2 N–H and O–H groups in total. The lowest BCUT2D eigenvalue weighted by atomic mass is 9.95. The SMILES string of the molecule is Cc1cccc(-c2noc(CN3CCC(C(=O)Nc4ccccc4C(=O)NCC(C)C)CC3)n2)c1. The summed E-state index contributed by atoms with van der Waals surface area (Å²) in [6.07, 6.45) is 1.46. The number of carbonyl (C=O) groups is 2. The first-order valence-corrected chi connectivity index (χ1v) is 12.2. The van der Waals surface area contributed by atoms with Crippen LogP contribution >= 0.6 is 0 Å². The molecular formula is C27H33N5O3. The highest BCUT2D eigenvalue weighted by atomic mass is 16.5. The number of amides is 2. The first-order valence-electron chi connectivity index (χ1n) is 12.2. The van der Waals surface area contributed by atoms with Crippen molar-refractivity contribution in [3.63, 3.8) is 0 Å². The van der Waals surface area contributed by atoms with Gasteiger partial charge >= 0.3 is 0 Å². The van der Waals surface area contributed by atoms with E-state index in [1.54, 1.807) is 18.2 Å². The third-order valence-electron chi connectivity index (χ3n) is 6.16. The molecule has 0 unspecified atom stereocenters. The molecule has 1 aliphatic heterocycles. The van der Waals surface area contributed by atoms with E-state index in [-0.39, 0.29) is 17.7 Å². The van der Waals surface area contributed by atoms with Gasteiger partial charge in [0.15, 0.2) is 0 Å². The van der Waals surface area contributed by atoms with E-state index in [4.69, 9.17) is 4.52 Å². The van der Waals surface area contributed by atoms with Crippen LogP contribution in [0.3, 0.4) is 0 Å². The molecule has 0 radical (unpaired) electrons. The van der Waals surface area contributed by atoms with Gasteiger partial charge in [-0.3, -0.25) is 14.5 Å². The largest absolute Gasteiger partial charge is 0.352 e. The van der Waals surface area contributed by atoms with Gasteiger partial charge in [0.1, 0.15) is 0 Å². The summed E-state index contributed by atoms with van der Waals surface area (Å²) in [5.74, 6) is 1.19. The van der Waals surface area contributed by atoms with Gasteiger partial charge in [-0.2, -0.15) is 4.98 Å². The van der Waals surface area contributed by atoms with Crippen LogP contribution in [0.25, 0.3) is 11.4 Å². The number of carbonyl (C=O) groups excluding carboxylic acids is 2. The summed E-state index contributed by atoms with van der Waals surface area (Å²) < 4.78 is 5.47. The maximum absolute atomic E-state index is 13.0. The Labute approximate surface area is 206 Å². The summed E-state index contributed by atoms with van der Waals surface area (Å²) in [7, 11) is 0. The monoisotopic (exact) mass is 475 g/mol. The quantitative estimate of drug-likeness (QED) is 0.504. The third kappa shape index (κ3) is 6.54. The topological polar surface area (TPSA) is 100 Å². The zero-order valence-electron chi connectivity index (χ0n) is 20.6. The number of hydrogen-bond acceptors (Lipinski definition) is 6. The Balaban J connectivity index is 1.30. The van der Waals surface area contributed by atoms with Crippen molar-refractivity contribution in [3.8, 4) is 11.4 Å². The minimum absolute atomic E-state index is 0.0479. The van der Waals surface area contributed by atoms with Crippen LogP contribution in [0, 0.1) is 18.8 Å². The molecule has 0 spiro atoms. The molecule has 8 heteroatoms. The van der Waals surface area contributed by atoms with Crippen molar-refractivity contribution in [2.24, 2.45) is 11.8 Å². The molecule has 3 aromatic rings. The normalized spacial score (nSPS) is 14.7. The van der Waals surface area contributed by atoms with Gasteiger partial charge in [0.05, 0.1) is 17.8 Å². The fraction of sp³-hybridized carbons (Fsp3) is 0.407. The molecule has 2 aromatic carbocycles. The van der Waals surface area contributed by atoms with Crippen molar-refractivity contribution in [1.29, 1.82) is 0 Å². The van der Waals surface area contributed by atoms with E-state index in [1.807, 2.05) is 51.1 Å². The van der Waals surface area contributed by atoms with Crippen molar-refractivity contribution in [1.82, 2.24) is 20.4 Å². The fourth-order valence-corrected chi connectivity index (χ4v) is 4.18. The van der Waals surface area contributed by atoms with E-state index < -0.39 is 0 Å². The van der Waals surface area contributed by atoms with Crippen LogP contribution in [0.4, 0.5) is 5.69 Å². The summed E-state index contributed by atoms with van der Waals surface area (Å²) >= 11 is 0. The standard InChI is InChI=1S/C27H33N5O3/c1-18(2)16-28-27(34)22-9-4-5-10-23(22)29-26(33)20-11-13-32(14-12-20)17-24-30-25(31-35-24)21-8-6-7-19(3)15-21/h4-10,15,18,20H,11-14,16-17H2,1-3H3,(H,28,34)(H,29,33). The summed E-state index contributed by atoms with van der Waals surface area (Å²) in [4.78, 5) is 32.3. The first-order chi connectivity index (χ1) is 16.9. The van der Waals surface area contributed by atoms with Gasteiger partial charge in [-0.05, 0) is 57.0 Å². The molecule has 2 amide bonds. The lowest BCUT2D eigenvalue weighted by molar-refractivity contribution is -0.121. The fourth-order valence-electron chi connectivity index (χ4n) is 4.18. The Morgan fingerprint density at radius 2 is 1.89 bits per heavy atom. The lowest BCUT2D eigenvalue weighted by Gasteiger charge is -2.30. The van der Waals surface area contributed by atoms with Crippen LogP contribution in [0.5, 0.6) is 0 Å². The van der Waals surface area contributed by atoms with Gasteiger partial charge in [0.25, 0.3) is 5.91 Å². The molecule has 0 aliphatic carbocycles. The second-order valence-electron chi connectivity index (χ2n) is 9.57. The van der Waals surface area contributed by atoms with Crippen LogP contribution in [0.2, 0.25) is 0 Å². The predicted molar refractivity (Wildman–Crippen MR) is 135 cm³/mol. The number of piperidine rings is 1. The lowest BCUT2D eigenvalue weighted by Crippen LogP contribution is -2.38. The van der Waals surface area contributed by atoms with Crippen molar-refractivity contribution in [2.75, 3.05) is 25.0 Å². The van der Waals surface area contributed by atoms with E-state index in [2.05, 4.69) is 25.7 Å². The van der Waals surface area contributed by atoms with E-state index in [0.717, 1.165) is 37.1 Å². The Hall–Kier alpha value is -3.52. The Bertz CT molecular complexity index is 1160. The van der Waals surface area contributed by atoms with E-state index in [1.165, 1.54) is 0 Å². The van der Waals surface area contributed by atoms with Crippen molar-refractivity contribution >= 4 is 17.5 Å². The minimum atomic E-state index is -0.172. The van der Waals surface area contributed by atoms with Crippen LogP contribution in [-0.2, 0) is 11.3 Å². The van der Waals surface area contributed by atoms with Crippen LogP contribution in [0.15, 0.2) is 53.1 Å². The van der Waals surface area contributed by atoms with E-state index in [0.29, 0.717) is 42.0 Å². The van der Waals surface area contributed by atoms with Gasteiger partial charge in [0, 0.05) is 18.0 Å². The number of nitrogens with one attached hydrogen (secondary N) is 2. The van der Waals surface area contributed by atoms with Crippen molar-refractivity contribution in [3.05, 3.63) is 65.5 Å². The number of rotatable bonds is 8. The second-order valence-corrected chi connectivity index (χ2v) is 9.57. The highest BCUT2D eigenvalue weighted by molar-refractivity contribution is 6.04. The maximum Gasteiger partial charge on any atom is 0.253 e. The number of benzene rings is 2. The molecule has 2 heterocycles. The molecule has 1 fully saturated rings. The first kappa shape index (κ1) is 24.6. The minimum Gasteiger partial charge on any atom is -0.352 e. The number of hydrogen-bond donors (Lipinski definition) is 2.